The number of likely N-dealkylation sites (N-methyl/N-ethyl adjacent to an activating group) is 1. The van der Waals surface area contributed by atoms with E-state index in [2.05, 4.69) is 10.3 Å². The first-order valence-electron chi connectivity index (χ1n) is 8.01. The predicted octanol–water partition coefficient (Wildman–Crippen LogP) is 3.05. The maximum Gasteiger partial charge on any atom is 0.416 e. The highest BCUT2D eigenvalue weighted by atomic mass is 19.4. The third kappa shape index (κ3) is 3.91. The number of pyridine rings is 1. The molecule has 1 aromatic carbocycles. The number of halogens is 4. The van der Waals surface area contributed by atoms with Crippen molar-refractivity contribution in [2.75, 3.05) is 18.9 Å². The van der Waals surface area contributed by atoms with Gasteiger partial charge in [0.1, 0.15) is 5.92 Å². The maximum atomic E-state index is 13.2. The smallest absolute Gasteiger partial charge is 0.344 e. The number of carbonyl (C=O) groups excluding carboxylic acids is 2. The van der Waals surface area contributed by atoms with E-state index in [0.29, 0.717) is 5.56 Å². The first-order valence-corrected chi connectivity index (χ1v) is 8.01. The Kier molecular flexibility index (Phi) is 4.86. The highest BCUT2D eigenvalue weighted by Crippen LogP contribution is 2.36. The van der Waals surface area contributed by atoms with E-state index in [-0.39, 0.29) is 12.2 Å². The van der Waals surface area contributed by atoms with Crippen molar-refractivity contribution in [3.8, 4) is 0 Å². The fourth-order valence-corrected chi connectivity index (χ4v) is 3.11. The van der Waals surface area contributed by atoms with Gasteiger partial charge in [-0.05, 0) is 23.8 Å². The second-order valence-corrected chi connectivity index (χ2v) is 6.28. The van der Waals surface area contributed by atoms with Gasteiger partial charge in [0.15, 0.2) is 0 Å². The van der Waals surface area contributed by atoms with Crippen molar-refractivity contribution in [1.82, 2.24) is 9.88 Å². The summed E-state index contributed by atoms with van der Waals surface area (Å²) in [4.78, 5) is 29.7. The van der Waals surface area contributed by atoms with Gasteiger partial charge in [-0.3, -0.25) is 9.59 Å². The number of nitrogens with one attached hydrogen (secondary N) is 1. The fraction of sp³-hybridized carbons (Fsp3) is 0.278. The predicted molar refractivity (Wildman–Crippen MR) is 88.1 cm³/mol. The van der Waals surface area contributed by atoms with Crippen molar-refractivity contribution < 1.29 is 27.2 Å². The summed E-state index contributed by atoms with van der Waals surface area (Å²) in [5.41, 5.74) is -0.222. The number of hydrogen-bond acceptors (Lipinski definition) is 3. The zero-order valence-corrected chi connectivity index (χ0v) is 14.1. The Morgan fingerprint density at radius 1 is 1.22 bits per heavy atom. The fourth-order valence-electron chi connectivity index (χ4n) is 3.11. The van der Waals surface area contributed by atoms with Gasteiger partial charge in [0.25, 0.3) is 0 Å². The molecule has 2 amide bonds. The minimum absolute atomic E-state index is 0.140. The van der Waals surface area contributed by atoms with E-state index in [9.17, 15) is 27.2 Å². The molecule has 2 atom stereocenters. The zero-order chi connectivity index (χ0) is 19.8. The molecule has 5 nitrogen and oxygen atoms in total. The molecular weight excluding hydrogens is 366 g/mol. The van der Waals surface area contributed by atoms with Crippen LogP contribution in [0.1, 0.15) is 17.0 Å². The summed E-state index contributed by atoms with van der Waals surface area (Å²) in [5, 5.41) is 2.46. The molecular formula is C18H15F4N3O2. The van der Waals surface area contributed by atoms with E-state index in [1.165, 1.54) is 36.3 Å². The molecule has 9 heteroatoms. The molecule has 0 bridgehead atoms. The molecule has 2 heterocycles. The van der Waals surface area contributed by atoms with Crippen LogP contribution in [0, 0.1) is 11.9 Å². The van der Waals surface area contributed by atoms with Crippen LogP contribution in [-0.4, -0.2) is 35.3 Å². The average molecular weight is 381 g/mol. The highest BCUT2D eigenvalue weighted by Gasteiger charge is 2.44. The number of alkyl halides is 3. The Balaban J connectivity index is 1.85. The Labute approximate surface area is 152 Å². The standard InChI is InChI=1S/C18H15F4N3O2/c1-25-9-13(10-2-4-11(5-3-10)18(20,21)22)15(17(25)27)16(26)24-12-6-7-23-14(19)8-12/h2-8,13,15H,9H2,1H3,(H,23,24,26)/t13-,15+/m0/s1. The Morgan fingerprint density at radius 3 is 2.48 bits per heavy atom. The van der Waals surface area contributed by atoms with Gasteiger partial charge in [0.05, 0.1) is 5.56 Å². The number of anilines is 1. The summed E-state index contributed by atoms with van der Waals surface area (Å²) in [6.45, 7) is 0.187. The van der Waals surface area contributed by atoms with Crippen LogP contribution in [0.25, 0.3) is 0 Å². The molecule has 1 saturated heterocycles. The molecule has 0 aliphatic carbocycles. The molecule has 0 unspecified atom stereocenters. The Hall–Kier alpha value is -2.97. The van der Waals surface area contributed by atoms with E-state index < -0.39 is 41.3 Å². The molecule has 27 heavy (non-hydrogen) atoms. The van der Waals surface area contributed by atoms with Gasteiger partial charge >= 0.3 is 6.18 Å². The normalized spacial score (nSPS) is 20.0. The molecule has 1 aromatic heterocycles. The van der Waals surface area contributed by atoms with Gasteiger partial charge < -0.3 is 10.2 Å². The van der Waals surface area contributed by atoms with E-state index in [1.807, 2.05) is 0 Å². The van der Waals surface area contributed by atoms with E-state index in [0.717, 1.165) is 18.2 Å². The van der Waals surface area contributed by atoms with Crippen LogP contribution in [-0.2, 0) is 15.8 Å². The van der Waals surface area contributed by atoms with Crippen LogP contribution < -0.4 is 5.32 Å². The lowest BCUT2D eigenvalue weighted by Gasteiger charge is -2.17. The summed E-state index contributed by atoms with van der Waals surface area (Å²) in [6.07, 6.45) is -3.30. The second kappa shape index (κ2) is 6.98. The first-order chi connectivity index (χ1) is 12.7. The molecule has 1 N–H and O–H groups in total. The van der Waals surface area contributed by atoms with Gasteiger partial charge in [-0.25, -0.2) is 4.98 Å². The largest absolute Gasteiger partial charge is 0.416 e. The van der Waals surface area contributed by atoms with Gasteiger partial charge in [-0.1, -0.05) is 12.1 Å². The minimum Gasteiger partial charge on any atom is -0.344 e. The lowest BCUT2D eigenvalue weighted by molar-refractivity contribution is -0.138. The Bertz CT molecular complexity index is 868. The number of nitrogens with zero attached hydrogens (tertiary/aromatic N) is 2. The van der Waals surface area contributed by atoms with Crippen molar-refractivity contribution in [3.63, 3.8) is 0 Å². The monoisotopic (exact) mass is 381 g/mol. The Morgan fingerprint density at radius 2 is 1.89 bits per heavy atom. The number of hydrogen-bond donors (Lipinski definition) is 1. The summed E-state index contributed by atoms with van der Waals surface area (Å²) in [5.74, 6) is -3.63. The number of amides is 2. The first kappa shape index (κ1) is 18.8. The molecule has 1 aliphatic rings. The lowest BCUT2D eigenvalue weighted by atomic mass is 9.87. The third-order valence-electron chi connectivity index (χ3n) is 4.46. The van der Waals surface area contributed by atoms with Gasteiger partial charge in [-0.2, -0.15) is 17.6 Å². The van der Waals surface area contributed by atoms with Crippen molar-refractivity contribution in [1.29, 1.82) is 0 Å². The number of rotatable bonds is 3. The van der Waals surface area contributed by atoms with E-state index in [4.69, 9.17) is 0 Å². The molecule has 0 spiro atoms. The van der Waals surface area contributed by atoms with Crippen LogP contribution >= 0.6 is 0 Å². The number of likely N-dealkylation sites (tertiary alicyclic amines) is 1. The van der Waals surface area contributed by atoms with Gasteiger partial charge in [-0.15, -0.1) is 0 Å². The number of aromatic nitrogens is 1. The third-order valence-corrected chi connectivity index (χ3v) is 4.46. The molecule has 0 saturated carbocycles. The lowest BCUT2D eigenvalue weighted by Crippen LogP contribution is -2.32. The summed E-state index contributed by atoms with van der Waals surface area (Å²) in [6, 6.07) is 6.76. The van der Waals surface area contributed by atoms with Crippen LogP contribution in [0.3, 0.4) is 0 Å². The SMILES string of the molecule is CN1C[C@@H](c2ccc(C(F)(F)F)cc2)[C@H](C(=O)Nc2ccnc(F)c2)C1=O. The topological polar surface area (TPSA) is 62.3 Å². The van der Waals surface area contributed by atoms with E-state index in [1.54, 1.807) is 0 Å². The molecule has 1 fully saturated rings. The number of benzene rings is 1. The number of carbonyl (C=O) groups is 2. The van der Waals surface area contributed by atoms with Gasteiger partial charge in [0.2, 0.25) is 17.8 Å². The molecule has 0 radical (unpaired) electrons. The van der Waals surface area contributed by atoms with Crippen LogP contribution in [0.5, 0.6) is 0 Å². The molecule has 1 aliphatic heterocycles. The van der Waals surface area contributed by atoms with Crippen molar-refractivity contribution in [3.05, 3.63) is 59.7 Å². The quantitative estimate of drug-likeness (QED) is 0.505. The van der Waals surface area contributed by atoms with Gasteiger partial charge in [0, 0.05) is 37.5 Å². The van der Waals surface area contributed by atoms with Crippen molar-refractivity contribution in [2.45, 2.75) is 12.1 Å². The maximum absolute atomic E-state index is 13.2. The van der Waals surface area contributed by atoms with Crippen molar-refractivity contribution >= 4 is 17.5 Å². The minimum atomic E-state index is -4.47. The average Bonchev–Trinajstić information content (AvgIpc) is 2.89. The molecule has 2 aromatic rings. The van der Waals surface area contributed by atoms with Crippen LogP contribution in [0.15, 0.2) is 42.6 Å². The van der Waals surface area contributed by atoms with Crippen LogP contribution in [0.2, 0.25) is 0 Å². The molecule has 142 valence electrons. The second-order valence-electron chi connectivity index (χ2n) is 6.28. The van der Waals surface area contributed by atoms with Crippen molar-refractivity contribution in [2.24, 2.45) is 5.92 Å². The molecule has 3 rings (SSSR count). The summed E-state index contributed by atoms with van der Waals surface area (Å²) < 4.78 is 51.4. The highest BCUT2D eigenvalue weighted by molar-refractivity contribution is 6.08. The zero-order valence-electron chi connectivity index (χ0n) is 14.1. The van der Waals surface area contributed by atoms with Crippen LogP contribution in [0.4, 0.5) is 23.2 Å². The summed E-state index contributed by atoms with van der Waals surface area (Å²) >= 11 is 0. The van der Waals surface area contributed by atoms with E-state index >= 15 is 0 Å². The summed E-state index contributed by atoms with van der Waals surface area (Å²) in [7, 11) is 1.51.